The quantitative estimate of drug-likeness (QED) is 0.452. The van der Waals surface area contributed by atoms with Gasteiger partial charge in [-0.2, -0.15) is 0 Å². The summed E-state index contributed by atoms with van der Waals surface area (Å²) in [5, 5.41) is 9.91. The second-order valence-corrected chi connectivity index (χ2v) is 8.14. The van der Waals surface area contributed by atoms with E-state index in [9.17, 15) is 0 Å². The number of hydrogen-bond acceptors (Lipinski definition) is 5. The highest BCUT2D eigenvalue weighted by Gasteiger charge is 2.17. The molecule has 0 radical (unpaired) electrons. The van der Waals surface area contributed by atoms with Crippen molar-refractivity contribution in [3.05, 3.63) is 89.5 Å². The van der Waals surface area contributed by atoms with Crippen LogP contribution in [0, 0.1) is 12.3 Å². The Hall–Kier alpha value is -3.70. The Morgan fingerprint density at radius 1 is 0.969 bits per heavy atom. The van der Waals surface area contributed by atoms with Gasteiger partial charge in [-0.3, -0.25) is 5.41 Å². The minimum absolute atomic E-state index is 0.522. The molecule has 32 heavy (non-hydrogen) atoms. The van der Waals surface area contributed by atoms with Crippen molar-refractivity contribution in [2.75, 3.05) is 36.9 Å². The molecular weight excluding hydrogens is 396 g/mol. The molecule has 5 rings (SSSR count). The van der Waals surface area contributed by atoms with Crippen molar-refractivity contribution in [2.24, 2.45) is 0 Å². The van der Waals surface area contributed by atoms with E-state index in [-0.39, 0.29) is 0 Å². The van der Waals surface area contributed by atoms with Gasteiger partial charge in [0.1, 0.15) is 5.82 Å². The number of nitrogens with one attached hydrogen (secondary N) is 1. The number of ether oxygens (including phenoxy) is 1. The van der Waals surface area contributed by atoms with Crippen molar-refractivity contribution in [1.29, 1.82) is 5.41 Å². The lowest BCUT2D eigenvalue weighted by molar-refractivity contribution is 0.123. The van der Waals surface area contributed by atoms with Crippen LogP contribution in [-0.4, -0.2) is 37.0 Å². The van der Waals surface area contributed by atoms with Gasteiger partial charge in [-0.1, -0.05) is 54.6 Å². The molecule has 5 heteroatoms. The minimum atomic E-state index is 0.522. The number of nitrogen functional groups attached to an aromatic ring is 1. The molecule has 3 N–H and O–H groups in total. The highest BCUT2D eigenvalue weighted by atomic mass is 16.5. The fourth-order valence-electron chi connectivity index (χ4n) is 4.41. The van der Waals surface area contributed by atoms with Gasteiger partial charge in [-0.05, 0) is 41.8 Å². The standard InChI is InChI=1S/C27H26N4O/c1-18-6-5-9-22(26(28)19-7-3-2-4-8-19)25(18)20-10-11-23-21(16-20)17-24(27(29)30-23)31-12-14-32-15-13-31/h2-11,16-17,28H,12-15H2,1H3,(H2,29,30). The highest BCUT2D eigenvalue weighted by Crippen LogP contribution is 2.34. The van der Waals surface area contributed by atoms with Crippen LogP contribution in [0.15, 0.2) is 72.8 Å². The summed E-state index contributed by atoms with van der Waals surface area (Å²) < 4.78 is 5.49. The topological polar surface area (TPSA) is 75.2 Å². The first-order valence-electron chi connectivity index (χ1n) is 10.9. The predicted octanol–water partition coefficient (Wildman–Crippen LogP) is 5.05. The van der Waals surface area contributed by atoms with E-state index in [0.717, 1.165) is 57.5 Å². The third-order valence-electron chi connectivity index (χ3n) is 6.07. The predicted molar refractivity (Wildman–Crippen MR) is 132 cm³/mol. The fourth-order valence-corrected chi connectivity index (χ4v) is 4.41. The molecule has 4 aromatic rings. The summed E-state index contributed by atoms with van der Waals surface area (Å²) in [6.45, 7) is 5.12. The summed E-state index contributed by atoms with van der Waals surface area (Å²) in [6.07, 6.45) is 0. The van der Waals surface area contributed by atoms with Gasteiger partial charge in [0.2, 0.25) is 0 Å². The SMILES string of the molecule is Cc1cccc(C(=N)c2ccccc2)c1-c1ccc2nc(N)c(N3CCOCC3)cc2c1. The fraction of sp³-hybridized carbons (Fsp3) is 0.185. The third-order valence-corrected chi connectivity index (χ3v) is 6.07. The van der Waals surface area contributed by atoms with Crippen LogP contribution in [0.1, 0.15) is 16.7 Å². The first-order valence-corrected chi connectivity index (χ1v) is 10.9. The van der Waals surface area contributed by atoms with E-state index in [1.807, 2.05) is 48.5 Å². The molecule has 1 aliphatic rings. The maximum absolute atomic E-state index is 8.87. The Labute approximate surface area is 188 Å². The van der Waals surface area contributed by atoms with Gasteiger partial charge >= 0.3 is 0 Å². The summed E-state index contributed by atoms with van der Waals surface area (Å²) in [4.78, 5) is 6.90. The maximum atomic E-state index is 8.87. The molecular formula is C27H26N4O. The molecule has 1 saturated heterocycles. The van der Waals surface area contributed by atoms with Gasteiger partial charge in [-0.15, -0.1) is 0 Å². The zero-order chi connectivity index (χ0) is 22.1. The molecule has 0 saturated carbocycles. The molecule has 0 aliphatic carbocycles. The molecule has 1 aromatic heterocycles. The van der Waals surface area contributed by atoms with E-state index < -0.39 is 0 Å². The first kappa shape index (κ1) is 20.2. The molecule has 0 spiro atoms. The normalized spacial score (nSPS) is 14.0. The second-order valence-electron chi connectivity index (χ2n) is 8.14. The number of aromatic nitrogens is 1. The smallest absolute Gasteiger partial charge is 0.147 e. The Morgan fingerprint density at radius 2 is 1.75 bits per heavy atom. The van der Waals surface area contributed by atoms with Crippen LogP contribution in [0.3, 0.4) is 0 Å². The number of hydrogen-bond donors (Lipinski definition) is 2. The van der Waals surface area contributed by atoms with E-state index in [1.165, 1.54) is 0 Å². The zero-order valence-corrected chi connectivity index (χ0v) is 18.1. The lowest BCUT2D eigenvalue weighted by atomic mass is 9.89. The number of morpholine rings is 1. The van der Waals surface area contributed by atoms with Crippen LogP contribution in [0.25, 0.3) is 22.0 Å². The van der Waals surface area contributed by atoms with Crippen molar-refractivity contribution in [1.82, 2.24) is 4.98 Å². The molecule has 0 amide bonds. The van der Waals surface area contributed by atoms with Crippen molar-refractivity contribution in [2.45, 2.75) is 6.92 Å². The number of benzene rings is 3. The van der Waals surface area contributed by atoms with E-state index in [1.54, 1.807) is 0 Å². The zero-order valence-electron chi connectivity index (χ0n) is 18.1. The minimum Gasteiger partial charge on any atom is -0.382 e. The lowest BCUT2D eigenvalue weighted by Gasteiger charge is -2.29. The molecule has 3 aromatic carbocycles. The van der Waals surface area contributed by atoms with Crippen molar-refractivity contribution >= 4 is 28.1 Å². The van der Waals surface area contributed by atoms with E-state index >= 15 is 0 Å². The lowest BCUT2D eigenvalue weighted by Crippen LogP contribution is -2.36. The number of pyridine rings is 1. The Bertz CT molecular complexity index is 1290. The van der Waals surface area contributed by atoms with Crippen LogP contribution in [-0.2, 0) is 4.74 Å². The number of anilines is 2. The monoisotopic (exact) mass is 422 g/mol. The van der Waals surface area contributed by atoms with Gasteiger partial charge in [0.15, 0.2) is 0 Å². The molecule has 0 atom stereocenters. The van der Waals surface area contributed by atoms with Gasteiger partial charge in [0, 0.05) is 29.6 Å². The summed E-state index contributed by atoms with van der Waals surface area (Å²) in [7, 11) is 0. The largest absolute Gasteiger partial charge is 0.382 e. The van der Waals surface area contributed by atoms with Gasteiger partial charge < -0.3 is 15.4 Å². The van der Waals surface area contributed by atoms with Crippen LogP contribution >= 0.6 is 0 Å². The number of nitrogens with zero attached hydrogens (tertiary/aromatic N) is 2. The van der Waals surface area contributed by atoms with Crippen molar-refractivity contribution < 1.29 is 4.74 Å². The highest BCUT2D eigenvalue weighted by molar-refractivity contribution is 6.15. The first-order chi connectivity index (χ1) is 15.6. The maximum Gasteiger partial charge on any atom is 0.147 e. The molecule has 0 unspecified atom stereocenters. The Kier molecular flexibility index (Phi) is 5.33. The van der Waals surface area contributed by atoms with Crippen molar-refractivity contribution in [3.8, 4) is 11.1 Å². The van der Waals surface area contributed by atoms with Crippen LogP contribution < -0.4 is 10.6 Å². The summed E-state index contributed by atoms with van der Waals surface area (Å²) in [5.74, 6) is 0.551. The average Bonchev–Trinajstić information content (AvgIpc) is 2.84. The Balaban J connectivity index is 1.62. The number of fused-ring (bicyclic) bond motifs is 1. The average molecular weight is 423 g/mol. The van der Waals surface area contributed by atoms with Gasteiger partial charge in [-0.25, -0.2) is 4.98 Å². The van der Waals surface area contributed by atoms with Gasteiger partial charge in [0.05, 0.1) is 30.1 Å². The van der Waals surface area contributed by atoms with Crippen LogP contribution in [0.2, 0.25) is 0 Å². The number of aryl methyl sites for hydroxylation is 1. The molecule has 160 valence electrons. The van der Waals surface area contributed by atoms with Crippen LogP contribution in [0.5, 0.6) is 0 Å². The molecule has 0 bridgehead atoms. The number of nitrogens with two attached hydrogens (primary N) is 1. The van der Waals surface area contributed by atoms with Gasteiger partial charge in [0.25, 0.3) is 0 Å². The van der Waals surface area contributed by atoms with E-state index in [0.29, 0.717) is 24.7 Å². The van der Waals surface area contributed by atoms with Crippen molar-refractivity contribution in [3.63, 3.8) is 0 Å². The van der Waals surface area contributed by atoms with E-state index in [4.69, 9.17) is 15.9 Å². The molecule has 1 aliphatic heterocycles. The summed E-state index contributed by atoms with van der Waals surface area (Å²) >= 11 is 0. The molecule has 2 heterocycles. The Morgan fingerprint density at radius 3 is 2.53 bits per heavy atom. The third kappa shape index (κ3) is 3.72. The molecule has 5 nitrogen and oxygen atoms in total. The van der Waals surface area contributed by atoms with E-state index in [2.05, 4.69) is 41.1 Å². The second kappa shape index (κ2) is 8.44. The summed E-state index contributed by atoms with van der Waals surface area (Å²) in [6, 6.07) is 24.4. The number of rotatable bonds is 4. The molecule has 1 fully saturated rings. The summed E-state index contributed by atoms with van der Waals surface area (Å²) in [5.41, 5.74) is 13.8. The van der Waals surface area contributed by atoms with Crippen LogP contribution in [0.4, 0.5) is 11.5 Å².